The van der Waals surface area contributed by atoms with Crippen molar-refractivity contribution in [2.75, 3.05) is 19.0 Å². The lowest BCUT2D eigenvalue weighted by Crippen LogP contribution is -2.24. The highest BCUT2D eigenvalue weighted by Gasteiger charge is 2.07. The minimum absolute atomic E-state index is 0.267. The molecule has 2 aromatic heterocycles. The lowest BCUT2D eigenvalue weighted by molar-refractivity contribution is 0.0945. The number of nitrogens with one attached hydrogen (secondary N) is 2. The van der Waals surface area contributed by atoms with Gasteiger partial charge in [-0.15, -0.1) is 0 Å². The number of pyridine rings is 1. The number of aromatic nitrogens is 3. The van der Waals surface area contributed by atoms with Crippen LogP contribution in [-0.4, -0.2) is 34.5 Å². The summed E-state index contributed by atoms with van der Waals surface area (Å²) in [5.74, 6) is 1.21. The monoisotopic (exact) mass is 363 g/mol. The maximum atomic E-state index is 12.1. The van der Waals surface area contributed by atoms with E-state index in [1.165, 1.54) is 11.8 Å². The molecule has 0 aliphatic rings. The van der Waals surface area contributed by atoms with Crippen LogP contribution in [-0.2, 0) is 13.0 Å². The Balaban J connectivity index is 1.45. The Morgan fingerprint density at radius 1 is 1.04 bits per heavy atom. The first-order chi connectivity index (χ1) is 13.2. The van der Waals surface area contributed by atoms with Crippen LogP contribution in [0.4, 0.5) is 5.82 Å². The van der Waals surface area contributed by atoms with Crippen LogP contribution in [0, 0.1) is 0 Å². The summed E-state index contributed by atoms with van der Waals surface area (Å²) in [6.07, 6.45) is 7.28. The lowest BCUT2D eigenvalue weighted by atomic mass is 10.1. The number of ether oxygens (including phenoxy) is 1. The zero-order valence-corrected chi connectivity index (χ0v) is 15.1. The first kappa shape index (κ1) is 18.3. The largest absolute Gasteiger partial charge is 0.497 e. The highest BCUT2D eigenvalue weighted by atomic mass is 16.5. The zero-order valence-electron chi connectivity index (χ0n) is 15.1. The fourth-order valence-corrected chi connectivity index (χ4v) is 2.44. The van der Waals surface area contributed by atoms with Crippen LogP contribution in [0.5, 0.6) is 5.75 Å². The molecule has 138 valence electrons. The van der Waals surface area contributed by atoms with Crippen LogP contribution in [0.2, 0.25) is 0 Å². The minimum atomic E-state index is -0.267. The van der Waals surface area contributed by atoms with E-state index >= 15 is 0 Å². The van der Waals surface area contributed by atoms with E-state index in [2.05, 4.69) is 25.6 Å². The zero-order chi connectivity index (χ0) is 18.9. The van der Waals surface area contributed by atoms with E-state index < -0.39 is 0 Å². The van der Waals surface area contributed by atoms with Gasteiger partial charge in [0, 0.05) is 25.5 Å². The van der Waals surface area contributed by atoms with E-state index in [0.29, 0.717) is 18.9 Å². The SMILES string of the molecule is COc1ccc(CCNc2cnc(C(=O)NCc3cccnc3)cn2)cc1. The molecule has 27 heavy (non-hydrogen) atoms. The Bertz CT molecular complexity index is 852. The fraction of sp³-hybridized carbons (Fsp3) is 0.200. The van der Waals surface area contributed by atoms with Crippen molar-refractivity contribution in [3.8, 4) is 5.75 Å². The molecule has 0 unspecified atom stereocenters. The molecule has 2 heterocycles. The molecule has 0 atom stereocenters. The van der Waals surface area contributed by atoms with E-state index in [9.17, 15) is 4.79 Å². The predicted molar refractivity (Wildman–Crippen MR) is 103 cm³/mol. The Labute approximate surface area is 157 Å². The van der Waals surface area contributed by atoms with Gasteiger partial charge in [-0.2, -0.15) is 0 Å². The van der Waals surface area contributed by atoms with Crippen molar-refractivity contribution < 1.29 is 9.53 Å². The van der Waals surface area contributed by atoms with Crippen molar-refractivity contribution in [1.29, 1.82) is 0 Å². The number of benzene rings is 1. The van der Waals surface area contributed by atoms with Crippen LogP contribution < -0.4 is 15.4 Å². The van der Waals surface area contributed by atoms with Gasteiger partial charge in [-0.3, -0.25) is 9.78 Å². The second-order valence-electron chi connectivity index (χ2n) is 5.86. The summed E-state index contributed by atoms with van der Waals surface area (Å²) in [6.45, 7) is 1.11. The molecular formula is C20H21N5O2. The molecule has 0 bridgehead atoms. The van der Waals surface area contributed by atoms with Gasteiger partial charge in [-0.25, -0.2) is 9.97 Å². The summed E-state index contributed by atoms with van der Waals surface area (Å²) in [4.78, 5) is 24.5. The Morgan fingerprint density at radius 2 is 1.89 bits per heavy atom. The van der Waals surface area contributed by atoms with Gasteiger partial charge in [0.25, 0.3) is 5.91 Å². The number of hydrogen-bond acceptors (Lipinski definition) is 6. The van der Waals surface area contributed by atoms with Crippen LogP contribution in [0.1, 0.15) is 21.6 Å². The van der Waals surface area contributed by atoms with Crippen LogP contribution >= 0.6 is 0 Å². The molecule has 0 saturated carbocycles. The molecule has 0 fully saturated rings. The van der Waals surface area contributed by atoms with E-state index in [4.69, 9.17) is 4.74 Å². The molecule has 7 nitrogen and oxygen atoms in total. The average molecular weight is 363 g/mol. The van der Waals surface area contributed by atoms with Crippen molar-refractivity contribution in [3.63, 3.8) is 0 Å². The Hall–Kier alpha value is -3.48. The second kappa shape index (κ2) is 9.28. The molecule has 0 spiro atoms. The normalized spacial score (nSPS) is 10.3. The third-order valence-corrected chi connectivity index (χ3v) is 3.94. The number of methoxy groups -OCH3 is 1. The van der Waals surface area contributed by atoms with E-state index in [-0.39, 0.29) is 11.6 Å². The third kappa shape index (κ3) is 5.50. The van der Waals surface area contributed by atoms with Crippen molar-refractivity contribution in [3.05, 3.63) is 78.0 Å². The first-order valence-electron chi connectivity index (χ1n) is 8.60. The summed E-state index contributed by atoms with van der Waals surface area (Å²) < 4.78 is 5.15. The van der Waals surface area contributed by atoms with Crippen molar-refractivity contribution in [1.82, 2.24) is 20.3 Å². The van der Waals surface area contributed by atoms with Gasteiger partial charge in [0.15, 0.2) is 0 Å². The topological polar surface area (TPSA) is 89.0 Å². The maximum absolute atomic E-state index is 12.1. The number of nitrogens with zero attached hydrogens (tertiary/aromatic N) is 3. The van der Waals surface area contributed by atoms with Gasteiger partial charge >= 0.3 is 0 Å². The number of anilines is 1. The molecular weight excluding hydrogens is 342 g/mol. The number of rotatable bonds is 8. The number of amides is 1. The van der Waals surface area contributed by atoms with E-state index in [1.54, 1.807) is 25.7 Å². The van der Waals surface area contributed by atoms with Crippen LogP contribution in [0.3, 0.4) is 0 Å². The standard InChI is InChI=1S/C20H21N5O2/c1-27-17-6-4-15(5-7-17)8-10-22-19-14-23-18(13-24-19)20(26)25-12-16-3-2-9-21-11-16/h2-7,9,11,13-14H,8,10,12H2,1H3,(H,22,24)(H,25,26). The second-order valence-corrected chi connectivity index (χ2v) is 5.86. The number of carbonyl (C=O) groups is 1. The van der Waals surface area contributed by atoms with Gasteiger partial charge < -0.3 is 15.4 Å². The molecule has 0 saturated heterocycles. The van der Waals surface area contributed by atoms with Crippen molar-refractivity contribution in [2.24, 2.45) is 0 Å². The highest BCUT2D eigenvalue weighted by Crippen LogP contribution is 2.12. The molecule has 3 rings (SSSR count). The Morgan fingerprint density at radius 3 is 2.56 bits per heavy atom. The summed E-state index contributed by atoms with van der Waals surface area (Å²) in [6, 6.07) is 11.7. The molecule has 0 aliphatic carbocycles. The quantitative estimate of drug-likeness (QED) is 0.639. The molecule has 0 aliphatic heterocycles. The van der Waals surface area contributed by atoms with Crippen molar-refractivity contribution in [2.45, 2.75) is 13.0 Å². The van der Waals surface area contributed by atoms with Crippen LogP contribution in [0.25, 0.3) is 0 Å². The first-order valence-corrected chi connectivity index (χ1v) is 8.60. The van der Waals surface area contributed by atoms with E-state index in [0.717, 1.165) is 17.7 Å². The fourth-order valence-electron chi connectivity index (χ4n) is 2.44. The van der Waals surface area contributed by atoms with Crippen molar-refractivity contribution >= 4 is 11.7 Å². The average Bonchev–Trinajstić information content (AvgIpc) is 2.74. The summed E-state index contributed by atoms with van der Waals surface area (Å²) in [5, 5.41) is 6.00. The van der Waals surface area contributed by atoms with Gasteiger partial charge in [-0.1, -0.05) is 18.2 Å². The van der Waals surface area contributed by atoms with E-state index in [1.807, 2.05) is 36.4 Å². The maximum Gasteiger partial charge on any atom is 0.271 e. The number of hydrogen-bond donors (Lipinski definition) is 2. The minimum Gasteiger partial charge on any atom is -0.497 e. The van der Waals surface area contributed by atoms with Gasteiger partial charge in [-0.05, 0) is 35.7 Å². The molecule has 3 aromatic rings. The van der Waals surface area contributed by atoms with Crippen LogP contribution in [0.15, 0.2) is 61.2 Å². The predicted octanol–water partition coefficient (Wildman–Crippen LogP) is 2.46. The smallest absolute Gasteiger partial charge is 0.271 e. The number of carbonyl (C=O) groups excluding carboxylic acids is 1. The Kier molecular flexibility index (Phi) is 6.30. The molecule has 1 aromatic carbocycles. The molecule has 0 radical (unpaired) electrons. The highest BCUT2D eigenvalue weighted by molar-refractivity contribution is 5.91. The van der Waals surface area contributed by atoms with Gasteiger partial charge in [0.05, 0.1) is 19.5 Å². The molecule has 1 amide bonds. The molecule has 7 heteroatoms. The van der Waals surface area contributed by atoms with Gasteiger partial charge in [0.2, 0.25) is 0 Å². The summed E-state index contributed by atoms with van der Waals surface area (Å²) in [7, 11) is 1.65. The van der Waals surface area contributed by atoms with Gasteiger partial charge in [0.1, 0.15) is 17.3 Å². The summed E-state index contributed by atoms with van der Waals surface area (Å²) >= 11 is 0. The molecule has 2 N–H and O–H groups in total. The third-order valence-electron chi connectivity index (χ3n) is 3.94. The lowest BCUT2D eigenvalue weighted by Gasteiger charge is -2.07. The summed E-state index contributed by atoms with van der Waals surface area (Å²) in [5.41, 5.74) is 2.40.